The third kappa shape index (κ3) is 5.13. The normalized spacial score (nSPS) is 10.3. The summed E-state index contributed by atoms with van der Waals surface area (Å²) in [5.41, 5.74) is 1.05. The summed E-state index contributed by atoms with van der Waals surface area (Å²) in [6.07, 6.45) is 5.03. The number of rotatable bonds is 8. The number of anilines is 2. The van der Waals surface area contributed by atoms with Gasteiger partial charge in [0.05, 0.1) is 12.8 Å². The summed E-state index contributed by atoms with van der Waals surface area (Å²) in [6.45, 7) is 3.00. The Kier molecular flexibility index (Phi) is 6.88. The van der Waals surface area contributed by atoms with Crippen LogP contribution in [0, 0.1) is 0 Å². The molecule has 5 nitrogen and oxygen atoms in total. The van der Waals surface area contributed by atoms with Crippen molar-refractivity contribution in [1.29, 1.82) is 0 Å². The summed E-state index contributed by atoms with van der Waals surface area (Å²) in [4.78, 5) is 16.7. The predicted octanol–water partition coefficient (Wildman–Crippen LogP) is 4.60. The summed E-state index contributed by atoms with van der Waals surface area (Å²) in [6, 6.07) is 8.48. The van der Waals surface area contributed by atoms with Crippen LogP contribution in [0.15, 0.2) is 36.5 Å². The van der Waals surface area contributed by atoms with Gasteiger partial charge in [-0.3, -0.25) is 4.79 Å². The van der Waals surface area contributed by atoms with Crippen LogP contribution in [0.4, 0.5) is 11.5 Å². The van der Waals surface area contributed by atoms with Gasteiger partial charge in [0, 0.05) is 23.3 Å². The molecule has 2 aromatic rings. The van der Waals surface area contributed by atoms with Crippen LogP contribution in [0.3, 0.4) is 0 Å². The topological polar surface area (TPSA) is 63.2 Å². The van der Waals surface area contributed by atoms with Crippen LogP contribution < -0.4 is 15.4 Å². The quantitative estimate of drug-likeness (QED) is 0.685. The number of ether oxygens (including phenoxy) is 1. The fraction of sp³-hybridized carbons (Fsp3) is 0.333. The van der Waals surface area contributed by atoms with Gasteiger partial charge in [0.1, 0.15) is 11.6 Å². The second-order valence-electron chi connectivity index (χ2n) is 5.36. The van der Waals surface area contributed by atoms with Gasteiger partial charge in [-0.25, -0.2) is 4.98 Å². The van der Waals surface area contributed by atoms with Gasteiger partial charge in [-0.2, -0.15) is 0 Å². The van der Waals surface area contributed by atoms with Crippen molar-refractivity contribution in [2.24, 2.45) is 0 Å². The van der Waals surface area contributed by atoms with E-state index in [4.69, 9.17) is 16.3 Å². The van der Waals surface area contributed by atoms with Gasteiger partial charge in [0.25, 0.3) is 5.91 Å². The molecule has 6 heteroatoms. The molecule has 2 N–H and O–H groups in total. The predicted molar refractivity (Wildman–Crippen MR) is 98.2 cm³/mol. The molecule has 128 valence electrons. The Morgan fingerprint density at radius 2 is 2.08 bits per heavy atom. The Morgan fingerprint density at radius 3 is 2.83 bits per heavy atom. The molecule has 1 aromatic heterocycles. The first-order valence-electron chi connectivity index (χ1n) is 7.99. The van der Waals surface area contributed by atoms with Crippen molar-refractivity contribution in [1.82, 2.24) is 4.98 Å². The number of hydrogen-bond acceptors (Lipinski definition) is 4. The first-order valence-corrected chi connectivity index (χ1v) is 8.36. The molecule has 0 atom stereocenters. The summed E-state index contributed by atoms with van der Waals surface area (Å²) in [7, 11) is 1.55. The molecule has 0 spiro atoms. The smallest absolute Gasteiger partial charge is 0.255 e. The van der Waals surface area contributed by atoms with E-state index >= 15 is 0 Å². The van der Waals surface area contributed by atoms with Crippen molar-refractivity contribution >= 4 is 29.0 Å². The molecule has 0 unspecified atom stereocenters. The van der Waals surface area contributed by atoms with Crippen LogP contribution >= 0.6 is 11.6 Å². The Balaban J connectivity index is 2.06. The molecule has 0 bridgehead atoms. The van der Waals surface area contributed by atoms with Crippen molar-refractivity contribution < 1.29 is 9.53 Å². The highest BCUT2D eigenvalue weighted by molar-refractivity contribution is 6.31. The van der Waals surface area contributed by atoms with Gasteiger partial charge in [-0.15, -0.1) is 0 Å². The third-order valence-electron chi connectivity index (χ3n) is 3.52. The van der Waals surface area contributed by atoms with E-state index in [-0.39, 0.29) is 5.91 Å². The van der Waals surface area contributed by atoms with E-state index in [0.29, 0.717) is 27.8 Å². The van der Waals surface area contributed by atoms with E-state index in [0.717, 1.165) is 13.0 Å². The molecule has 2 rings (SSSR count). The molecule has 0 radical (unpaired) electrons. The number of nitrogens with zero attached hydrogens (tertiary/aromatic N) is 1. The zero-order valence-electron chi connectivity index (χ0n) is 13.9. The standard InChI is InChI=1S/C18H22ClN3O2/c1-3-4-5-9-20-17-11-13(8-10-21-17)18(23)22-15-12-14(19)6-7-16(15)24-2/h6-8,10-12H,3-5,9H2,1-2H3,(H,20,21)(H,22,23). The number of halogens is 1. The first-order chi connectivity index (χ1) is 11.6. The Bertz CT molecular complexity index is 692. The van der Waals surface area contributed by atoms with Crippen LogP contribution in [0.2, 0.25) is 5.02 Å². The largest absolute Gasteiger partial charge is 0.495 e. The Hall–Kier alpha value is -2.27. The minimum Gasteiger partial charge on any atom is -0.495 e. The second kappa shape index (κ2) is 9.13. The summed E-state index contributed by atoms with van der Waals surface area (Å²) >= 11 is 5.98. The lowest BCUT2D eigenvalue weighted by atomic mass is 10.2. The molecule has 0 aliphatic carbocycles. The van der Waals surface area contributed by atoms with E-state index in [1.54, 1.807) is 43.6 Å². The lowest BCUT2D eigenvalue weighted by Crippen LogP contribution is -2.13. The molecule has 0 aliphatic heterocycles. The summed E-state index contributed by atoms with van der Waals surface area (Å²) in [5.74, 6) is 1.01. The Morgan fingerprint density at radius 1 is 1.25 bits per heavy atom. The number of amides is 1. The molecule has 0 saturated carbocycles. The number of aromatic nitrogens is 1. The second-order valence-corrected chi connectivity index (χ2v) is 5.80. The number of benzene rings is 1. The van der Waals surface area contributed by atoms with Crippen LogP contribution in [0.5, 0.6) is 5.75 Å². The van der Waals surface area contributed by atoms with Crippen LogP contribution in [-0.2, 0) is 0 Å². The molecule has 0 fully saturated rings. The maximum absolute atomic E-state index is 12.5. The number of hydrogen-bond donors (Lipinski definition) is 2. The molecule has 1 amide bonds. The van der Waals surface area contributed by atoms with Gasteiger partial charge in [0.15, 0.2) is 0 Å². The highest BCUT2D eigenvalue weighted by Gasteiger charge is 2.11. The van der Waals surface area contributed by atoms with Crippen molar-refractivity contribution in [2.45, 2.75) is 26.2 Å². The maximum atomic E-state index is 12.5. The van der Waals surface area contributed by atoms with Gasteiger partial charge in [-0.05, 0) is 36.8 Å². The zero-order valence-corrected chi connectivity index (χ0v) is 14.7. The highest BCUT2D eigenvalue weighted by Crippen LogP contribution is 2.28. The Labute approximate surface area is 147 Å². The van der Waals surface area contributed by atoms with Gasteiger partial charge < -0.3 is 15.4 Å². The number of methoxy groups -OCH3 is 1. The highest BCUT2D eigenvalue weighted by atomic mass is 35.5. The van der Waals surface area contributed by atoms with E-state index in [1.807, 2.05) is 0 Å². The van der Waals surface area contributed by atoms with Crippen LogP contribution in [0.1, 0.15) is 36.5 Å². The average molecular weight is 348 g/mol. The SMILES string of the molecule is CCCCCNc1cc(C(=O)Nc2cc(Cl)ccc2OC)ccn1. The van der Waals surface area contributed by atoms with E-state index in [2.05, 4.69) is 22.5 Å². The van der Waals surface area contributed by atoms with E-state index in [1.165, 1.54) is 12.8 Å². The number of unbranched alkanes of at least 4 members (excludes halogenated alkanes) is 2. The van der Waals surface area contributed by atoms with E-state index in [9.17, 15) is 4.79 Å². The van der Waals surface area contributed by atoms with Crippen molar-refractivity contribution in [3.8, 4) is 5.75 Å². The zero-order chi connectivity index (χ0) is 17.4. The third-order valence-corrected chi connectivity index (χ3v) is 3.75. The first kappa shape index (κ1) is 18.1. The molecule has 0 aliphatic rings. The van der Waals surface area contributed by atoms with Crippen molar-refractivity contribution in [3.05, 3.63) is 47.1 Å². The molecule has 0 saturated heterocycles. The molecule has 1 aromatic carbocycles. The minimum absolute atomic E-state index is 0.241. The summed E-state index contributed by atoms with van der Waals surface area (Å²) in [5, 5.41) is 6.58. The van der Waals surface area contributed by atoms with Crippen molar-refractivity contribution in [2.75, 3.05) is 24.3 Å². The fourth-order valence-electron chi connectivity index (χ4n) is 2.23. The minimum atomic E-state index is -0.241. The molecule has 1 heterocycles. The maximum Gasteiger partial charge on any atom is 0.255 e. The lowest BCUT2D eigenvalue weighted by Gasteiger charge is -2.11. The van der Waals surface area contributed by atoms with Gasteiger partial charge in [0.2, 0.25) is 0 Å². The average Bonchev–Trinajstić information content (AvgIpc) is 2.59. The number of carbonyl (C=O) groups is 1. The molecule has 24 heavy (non-hydrogen) atoms. The molecular formula is C18H22ClN3O2. The van der Waals surface area contributed by atoms with Gasteiger partial charge in [-0.1, -0.05) is 31.4 Å². The van der Waals surface area contributed by atoms with Crippen molar-refractivity contribution in [3.63, 3.8) is 0 Å². The molecular weight excluding hydrogens is 326 g/mol. The number of nitrogens with one attached hydrogen (secondary N) is 2. The van der Waals surface area contributed by atoms with Gasteiger partial charge >= 0.3 is 0 Å². The lowest BCUT2D eigenvalue weighted by molar-refractivity contribution is 0.102. The number of pyridine rings is 1. The monoisotopic (exact) mass is 347 g/mol. The van der Waals surface area contributed by atoms with Crippen LogP contribution in [0.25, 0.3) is 0 Å². The fourth-order valence-corrected chi connectivity index (χ4v) is 2.40. The van der Waals surface area contributed by atoms with Crippen LogP contribution in [-0.4, -0.2) is 24.5 Å². The summed E-state index contributed by atoms with van der Waals surface area (Å²) < 4.78 is 5.24. The van der Waals surface area contributed by atoms with E-state index < -0.39 is 0 Å². The number of carbonyl (C=O) groups excluding carboxylic acids is 1.